The number of aromatic nitrogens is 2. The van der Waals surface area contributed by atoms with Gasteiger partial charge in [-0.05, 0) is 12.1 Å². The van der Waals surface area contributed by atoms with Gasteiger partial charge >= 0.3 is 0 Å². The molecule has 0 spiro atoms. The fraction of sp³-hybridized carbons (Fsp3) is 0.727. The number of rotatable bonds is 7. The minimum Gasteiger partial charge on any atom is -0.356 e. The van der Waals surface area contributed by atoms with Gasteiger partial charge in [-0.2, -0.15) is 5.10 Å². The van der Waals surface area contributed by atoms with Crippen LogP contribution in [0.5, 0.6) is 0 Å². The molecule has 0 aliphatic rings. The van der Waals surface area contributed by atoms with Crippen LogP contribution in [0.2, 0.25) is 25.7 Å². The third-order valence-corrected chi connectivity index (χ3v) is 4.04. The van der Waals surface area contributed by atoms with Gasteiger partial charge in [-0.25, -0.2) is 0 Å². The molecule has 4 nitrogen and oxygen atoms in total. The molecule has 5 heteroatoms. The lowest BCUT2D eigenvalue weighted by Crippen LogP contribution is -2.22. The molecule has 0 bridgehead atoms. The Labute approximate surface area is 98.6 Å². The van der Waals surface area contributed by atoms with Gasteiger partial charge in [0.05, 0.1) is 12.3 Å². The quantitative estimate of drug-likeness (QED) is 0.418. The van der Waals surface area contributed by atoms with Crippen molar-refractivity contribution in [2.75, 3.05) is 13.4 Å². The van der Waals surface area contributed by atoms with Gasteiger partial charge in [-0.3, -0.25) is 4.68 Å². The summed E-state index contributed by atoms with van der Waals surface area (Å²) in [5.74, 6) is 0. The van der Waals surface area contributed by atoms with Crippen molar-refractivity contribution in [3.05, 3.63) is 18.0 Å². The maximum absolute atomic E-state index is 5.43. The molecule has 0 saturated heterocycles. The molecule has 1 aromatic heterocycles. The molecule has 1 aromatic rings. The summed E-state index contributed by atoms with van der Waals surface area (Å²) >= 11 is 0. The highest BCUT2D eigenvalue weighted by molar-refractivity contribution is 6.76. The van der Waals surface area contributed by atoms with Crippen molar-refractivity contribution in [3.63, 3.8) is 0 Å². The molecule has 16 heavy (non-hydrogen) atoms. The number of hydrogen-bond donors (Lipinski definition) is 0. The second-order valence-corrected chi connectivity index (χ2v) is 10.8. The zero-order valence-corrected chi connectivity index (χ0v) is 11.7. The average molecular weight is 242 g/mol. The molecule has 92 valence electrons. The van der Waals surface area contributed by atoms with Crippen LogP contribution in [0, 0.1) is 0 Å². The summed E-state index contributed by atoms with van der Waals surface area (Å²) in [5, 5.41) is 4.07. The lowest BCUT2D eigenvalue weighted by molar-refractivity contribution is -0.0589. The van der Waals surface area contributed by atoms with Crippen molar-refractivity contribution >= 4 is 8.07 Å². The molecule has 0 fully saturated rings. The standard InChI is InChI=1S/C11H22N2O2Si/c1-13-11(5-6-12-13)9-15-10-14-7-8-16(2,3)4/h5-6H,7-10H2,1-4H3. The second-order valence-electron chi connectivity index (χ2n) is 5.13. The van der Waals surface area contributed by atoms with Gasteiger partial charge in [0.1, 0.15) is 6.79 Å². The summed E-state index contributed by atoms with van der Waals surface area (Å²) in [5.41, 5.74) is 1.06. The molecule has 0 saturated carbocycles. The normalized spacial score (nSPS) is 12.0. The summed E-state index contributed by atoms with van der Waals surface area (Å²) < 4.78 is 12.6. The van der Waals surface area contributed by atoms with E-state index < -0.39 is 8.07 Å². The van der Waals surface area contributed by atoms with Crippen LogP contribution in [0.15, 0.2) is 12.3 Å². The van der Waals surface area contributed by atoms with Crippen molar-refractivity contribution in [3.8, 4) is 0 Å². The molecule has 0 N–H and O–H groups in total. The first-order chi connectivity index (χ1) is 7.49. The fourth-order valence-electron chi connectivity index (χ4n) is 1.19. The van der Waals surface area contributed by atoms with Crippen molar-refractivity contribution in [1.29, 1.82) is 0 Å². The minimum atomic E-state index is -0.974. The number of aryl methyl sites for hydroxylation is 1. The first kappa shape index (κ1) is 13.4. The van der Waals surface area contributed by atoms with Gasteiger partial charge in [0.15, 0.2) is 0 Å². The lowest BCUT2D eigenvalue weighted by atomic mass is 10.5. The van der Waals surface area contributed by atoms with E-state index in [1.165, 1.54) is 6.04 Å². The number of ether oxygens (including phenoxy) is 2. The number of hydrogen-bond acceptors (Lipinski definition) is 3. The minimum absolute atomic E-state index is 0.371. The van der Waals surface area contributed by atoms with Crippen LogP contribution in [-0.2, 0) is 23.1 Å². The zero-order chi connectivity index (χ0) is 12.0. The van der Waals surface area contributed by atoms with Gasteiger partial charge < -0.3 is 9.47 Å². The van der Waals surface area contributed by atoms with Crippen LogP contribution in [0.25, 0.3) is 0 Å². The molecular formula is C11H22N2O2Si. The Hall–Kier alpha value is -0.653. The molecule has 0 radical (unpaired) electrons. The van der Waals surface area contributed by atoms with E-state index in [4.69, 9.17) is 9.47 Å². The molecule has 0 aliphatic heterocycles. The first-order valence-electron chi connectivity index (χ1n) is 5.61. The Bertz CT molecular complexity index is 307. The van der Waals surface area contributed by atoms with Crippen LogP contribution >= 0.6 is 0 Å². The Balaban J connectivity index is 2.03. The molecule has 0 aliphatic carbocycles. The Morgan fingerprint density at radius 2 is 2.06 bits per heavy atom. The van der Waals surface area contributed by atoms with Crippen molar-refractivity contribution in [2.24, 2.45) is 7.05 Å². The highest BCUT2D eigenvalue weighted by Gasteiger charge is 2.11. The van der Waals surface area contributed by atoms with Crippen molar-refractivity contribution in [1.82, 2.24) is 9.78 Å². The third kappa shape index (κ3) is 5.44. The zero-order valence-electron chi connectivity index (χ0n) is 10.7. The van der Waals surface area contributed by atoms with Gasteiger partial charge in [-0.1, -0.05) is 19.6 Å². The SMILES string of the molecule is Cn1nccc1COCOCC[Si](C)(C)C. The monoisotopic (exact) mass is 242 g/mol. The smallest absolute Gasteiger partial charge is 0.147 e. The Morgan fingerprint density at radius 1 is 1.31 bits per heavy atom. The molecule has 1 rings (SSSR count). The molecule has 0 atom stereocenters. The van der Waals surface area contributed by atoms with Crippen LogP contribution in [-0.4, -0.2) is 31.3 Å². The van der Waals surface area contributed by atoms with Crippen molar-refractivity contribution < 1.29 is 9.47 Å². The predicted octanol–water partition coefficient (Wildman–Crippen LogP) is 2.25. The van der Waals surface area contributed by atoms with E-state index in [2.05, 4.69) is 24.7 Å². The summed E-state index contributed by atoms with van der Waals surface area (Å²) in [6.45, 7) is 8.76. The molecule has 0 unspecified atom stereocenters. The lowest BCUT2D eigenvalue weighted by Gasteiger charge is -2.15. The Kier molecular flexibility index (Phi) is 5.17. The van der Waals surface area contributed by atoms with Gasteiger partial charge in [0.25, 0.3) is 0 Å². The Morgan fingerprint density at radius 3 is 2.62 bits per heavy atom. The van der Waals surface area contributed by atoms with E-state index in [0.29, 0.717) is 13.4 Å². The maximum Gasteiger partial charge on any atom is 0.147 e. The summed E-state index contributed by atoms with van der Waals surface area (Å²) in [6.07, 6.45) is 1.77. The van der Waals surface area contributed by atoms with Gasteiger partial charge in [0.2, 0.25) is 0 Å². The van der Waals surface area contributed by atoms with Crippen LogP contribution in [0.1, 0.15) is 5.69 Å². The van der Waals surface area contributed by atoms with Crippen LogP contribution in [0.4, 0.5) is 0 Å². The topological polar surface area (TPSA) is 36.3 Å². The predicted molar refractivity (Wildman–Crippen MR) is 67.0 cm³/mol. The van der Waals surface area contributed by atoms with E-state index in [-0.39, 0.29) is 0 Å². The summed E-state index contributed by atoms with van der Waals surface area (Å²) in [4.78, 5) is 0. The molecule has 1 heterocycles. The highest BCUT2D eigenvalue weighted by atomic mass is 28.3. The summed E-state index contributed by atoms with van der Waals surface area (Å²) in [7, 11) is 0.933. The van der Waals surface area contributed by atoms with Crippen LogP contribution < -0.4 is 0 Å². The van der Waals surface area contributed by atoms with Crippen LogP contribution in [0.3, 0.4) is 0 Å². The van der Waals surface area contributed by atoms with Gasteiger partial charge in [-0.15, -0.1) is 0 Å². The number of nitrogens with zero attached hydrogens (tertiary/aromatic N) is 2. The largest absolute Gasteiger partial charge is 0.356 e. The first-order valence-corrected chi connectivity index (χ1v) is 9.32. The molecule has 0 aromatic carbocycles. The van der Waals surface area contributed by atoms with Gasteiger partial charge in [0, 0.05) is 27.9 Å². The third-order valence-electron chi connectivity index (χ3n) is 2.34. The van der Waals surface area contributed by atoms with E-state index in [9.17, 15) is 0 Å². The average Bonchev–Trinajstić information content (AvgIpc) is 2.56. The fourth-order valence-corrected chi connectivity index (χ4v) is 1.94. The summed E-state index contributed by atoms with van der Waals surface area (Å²) in [6, 6.07) is 3.13. The van der Waals surface area contributed by atoms with E-state index in [1.54, 1.807) is 6.20 Å². The highest BCUT2D eigenvalue weighted by Crippen LogP contribution is 2.07. The van der Waals surface area contributed by atoms with E-state index in [1.807, 2.05) is 17.8 Å². The second kappa shape index (κ2) is 6.17. The van der Waals surface area contributed by atoms with E-state index >= 15 is 0 Å². The van der Waals surface area contributed by atoms with E-state index in [0.717, 1.165) is 12.3 Å². The van der Waals surface area contributed by atoms with Crippen molar-refractivity contribution in [2.45, 2.75) is 32.3 Å². The maximum atomic E-state index is 5.43. The molecule has 0 amide bonds. The molecular weight excluding hydrogens is 220 g/mol.